The SMILES string of the molecule is CCNC(C)(CCOCC(F)(F)F)C(=O)O. The first-order valence-electron chi connectivity index (χ1n) is 4.84. The van der Waals surface area contributed by atoms with Crippen LogP contribution in [0.15, 0.2) is 0 Å². The number of aliphatic carboxylic acids is 1. The quantitative estimate of drug-likeness (QED) is 0.664. The molecule has 0 saturated carbocycles. The molecule has 0 rings (SSSR count). The van der Waals surface area contributed by atoms with Crippen molar-refractivity contribution >= 4 is 5.97 Å². The van der Waals surface area contributed by atoms with Gasteiger partial charge in [0.1, 0.15) is 12.1 Å². The topological polar surface area (TPSA) is 58.6 Å². The number of alkyl halides is 3. The summed E-state index contributed by atoms with van der Waals surface area (Å²) in [7, 11) is 0. The summed E-state index contributed by atoms with van der Waals surface area (Å²) in [5.74, 6) is -1.11. The Hall–Kier alpha value is -0.820. The molecule has 0 aromatic rings. The first kappa shape index (κ1) is 15.2. The van der Waals surface area contributed by atoms with E-state index in [9.17, 15) is 18.0 Å². The highest BCUT2D eigenvalue weighted by atomic mass is 19.4. The number of nitrogens with one attached hydrogen (secondary N) is 1. The van der Waals surface area contributed by atoms with E-state index >= 15 is 0 Å². The number of hydrogen-bond acceptors (Lipinski definition) is 3. The lowest BCUT2D eigenvalue weighted by atomic mass is 9.99. The van der Waals surface area contributed by atoms with Crippen LogP contribution in [0.3, 0.4) is 0 Å². The maximum absolute atomic E-state index is 11.7. The zero-order valence-corrected chi connectivity index (χ0v) is 9.23. The van der Waals surface area contributed by atoms with Crippen molar-refractivity contribution in [1.29, 1.82) is 0 Å². The predicted octanol–water partition coefficient (Wildman–Crippen LogP) is 1.41. The summed E-state index contributed by atoms with van der Waals surface area (Å²) < 4.78 is 39.5. The lowest BCUT2D eigenvalue weighted by molar-refractivity contribution is -0.175. The maximum Gasteiger partial charge on any atom is 0.411 e. The molecule has 0 aliphatic heterocycles. The molecule has 0 heterocycles. The molecule has 0 fully saturated rings. The number of ether oxygens (including phenoxy) is 1. The standard InChI is InChI=1S/C9H16F3NO3/c1-3-13-8(2,7(14)15)4-5-16-6-9(10,11)12/h13H,3-6H2,1-2H3,(H,14,15). The second-order valence-corrected chi connectivity index (χ2v) is 3.59. The Kier molecular flexibility index (Phi) is 5.74. The van der Waals surface area contributed by atoms with Crippen molar-refractivity contribution in [2.75, 3.05) is 19.8 Å². The predicted molar refractivity (Wildman–Crippen MR) is 51.2 cm³/mol. The zero-order chi connectivity index (χ0) is 12.8. The van der Waals surface area contributed by atoms with Gasteiger partial charge in [0.05, 0.1) is 0 Å². The van der Waals surface area contributed by atoms with Crippen LogP contribution in [0.25, 0.3) is 0 Å². The van der Waals surface area contributed by atoms with Gasteiger partial charge in [-0.2, -0.15) is 13.2 Å². The van der Waals surface area contributed by atoms with Crippen molar-refractivity contribution in [2.45, 2.75) is 32.0 Å². The minimum atomic E-state index is -4.38. The normalized spacial score (nSPS) is 15.8. The third-order valence-corrected chi connectivity index (χ3v) is 2.05. The van der Waals surface area contributed by atoms with E-state index in [2.05, 4.69) is 10.1 Å². The van der Waals surface area contributed by atoms with Crippen LogP contribution in [0.2, 0.25) is 0 Å². The van der Waals surface area contributed by atoms with Crippen LogP contribution in [-0.2, 0) is 9.53 Å². The second kappa shape index (κ2) is 6.05. The molecule has 2 N–H and O–H groups in total. The molecule has 1 atom stereocenters. The number of likely N-dealkylation sites (N-methyl/N-ethyl adjacent to an activating group) is 1. The van der Waals surface area contributed by atoms with Crippen LogP contribution < -0.4 is 5.32 Å². The van der Waals surface area contributed by atoms with Gasteiger partial charge in [-0.25, -0.2) is 0 Å². The molecule has 0 spiro atoms. The fourth-order valence-corrected chi connectivity index (χ4v) is 1.13. The van der Waals surface area contributed by atoms with Gasteiger partial charge < -0.3 is 15.2 Å². The molecule has 96 valence electrons. The van der Waals surface area contributed by atoms with Gasteiger partial charge in [-0.3, -0.25) is 4.79 Å². The average Bonchev–Trinajstić information content (AvgIpc) is 2.11. The van der Waals surface area contributed by atoms with Crippen LogP contribution in [0.4, 0.5) is 13.2 Å². The summed E-state index contributed by atoms with van der Waals surface area (Å²) in [5, 5.41) is 11.6. The molecule has 0 aliphatic rings. The maximum atomic E-state index is 11.7. The average molecular weight is 243 g/mol. The highest BCUT2D eigenvalue weighted by Gasteiger charge is 2.33. The molecule has 4 nitrogen and oxygen atoms in total. The number of hydrogen-bond donors (Lipinski definition) is 2. The van der Waals surface area contributed by atoms with Gasteiger partial charge in [-0.05, 0) is 19.9 Å². The Bertz CT molecular complexity index is 233. The molecule has 0 aromatic carbocycles. The third-order valence-electron chi connectivity index (χ3n) is 2.05. The van der Waals surface area contributed by atoms with Gasteiger partial charge in [0, 0.05) is 6.61 Å². The van der Waals surface area contributed by atoms with E-state index in [4.69, 9.17) is 5.11 Å². The van der Waals surface area contributed by atoms with Crippen molar-refractivity contribution in [3.63, 3.8) is 0 Å². The Balaban J connectivity index is 4.00. The molecular weight excluding hydrogens is 227 g/mol. The van der Waals surface area contributed by atoms with Crippen LogP contribution in [0, 0.1) is 0 Å². The zero-order valence-electron chi connectivity index (χ0n) is 9.23. The first-order valence-corrected chi connectivity index (χ1v) is 4.84. The molecular formula is C9H16F3NO3. The fraction of sp³-hybridized carbons (Fsp3) is 0.889. The third kappa shape index (κ3) is 5.92. The van der Waals surface area contributed by atoms with Crippen LogP contribution >= 0.6 is 0 Å². The van der Waals surface area contributed by atoms with E-state index in [-0.39, 0.29) is 13.0 Å². The summed E-state index contributed by atoms with van der Waals surface area (Å²) in [5.41, 5.74) is -1.25. The molecule has 7 heteroatoms. The first-order chi connectivity index (χ1) is 7.21. The number of carboxylic acid groups (broad SMARTS) is 1. The Morgan fingerprint density at radius 3 is 2.38 bits per heavy atom. The van der Waals surface area contributed by atoms with E-state index in [1.807, 2.05) is 0 Å². The van der Waals surface area contributed by atoms with E-state index in [1.165, 1.54) is 6.92 Å². The van der Waals surface area contributed by atoms with Crippen molar-refractivity contribution in [3.05, 3.63) is 0 Å². The van der Waals surface area contributed by atoms with Crippen LogP contribution in [0.5, 0.6) is 0 Å². The second-order valence-electron chi connectivity index (χ2n) is 3.59. The van der Waals surface area contributed by atoms with Crippen LogP contribution in [-0.4, -0.2) is 42.5 Å². The van der Waals surface area contributed by atoms with Crippen molar-refractivity contribution < 1.29 is 27.8 Å². The smallest absolute Gasteiger partial charge is 0.411 e. The summed E-state index contributed by atoms with van der Waals surface area (Å²) in [6.45, 7) is 1.94. The number of rotatable bonds is 7. The molecule has 0 amide bonds. The van der Waals surface area contributed by atoms with Crippen molar-refractivity contribution in [3.8, 4) is 0 Å². The van der Waals surface area contributed by atoms with Crippen LogP contribution in [0.1, 0.15) is 20.3 Å². The number of carboxylic acids is 1. The highest BCUT2D eigenvalue weighted by Crippen LogP contribution is 2.16. The Morgan fingerprint density at radius 1 is 1.44 bits per heavy atom. The number of halogens is 3. The van der Waals surface area contributed by atoms with Gasteiger partial charge in [0.15, 0.2) is 0 Å². The summed E-state index contributed by atoms with van der Waals surface area (Å²) in [4.78, 5) is 10.9. The van der Waals surface area contributed by atoms with Gasteiger partial charge in [0.25, 0.3) is 0 Å². The van der Waals surface area contributed by atoms with E-state index in [0.29, 0.717) is 6.54 Å². The minimum absolute atomic E-state index is 0.0216. The van der Waals surface area contributed by atoms with E-state index < -0.39 is 24.3 Å². The lowest BCUT2D eigenvalue weighted by Crippen LogP contribution is -2.50. The molecule has 1 unspecified atom stereocenters. The summed E-state index contributed by atoms with van der Waals surface area (Å²) in [6, 6.07) is 0. The lowest BCUT2D eigenvalue weighted by Gasteiger charge is -2.25. The molecule has 0 aliphatic carbocycles. The Morgan fingerprint density at radius 2 is 2.00 bits per heavy atom. The largest absolute Gasteiger partial charge is 0.480 e. The Labute approximate surface area is 91.8 Å². The number of carbonyl (C=O) groups is 1. The molecule has 0 aromatic heterocycles. The monoisotopic (exact) mass is 243 g/mol. The molecule has 0 saturated heterocycles. The van der Waals surface area contributed by atoms with E-state index in [0.717, 1.165) is 0 Å². The van der Waals surface area contributed by atoms with Crippen molar-refractivity contribution in [1.82, 2.24) is 5.32 Å². The highest BCUT2D eigenvalue weighted by molar-refractivity contribution is 5.78. The minimum Gasteiger partial charge on any atom is -0.480 e. The molecule has 0 radical (unpaired) electrons. The van der Waals surface area contributed by atoms with Gasteiger partial charge in [-0.1, -0.05) is 6.92 Å². The molecule has 0 bridgehead atoms. The van der Waals surface area contributed by atoms with Crippen molar-refractivity contribution in [2.24, 2.45) is 0 Å². The summed E-state index contributed by atoms with van der Waals surface area (Å²) in [6.07, 6.45) is -4.40. The molecule has 16 heavy (non-hydrogen) atoms. The fourth-order valence-electron chi connectivity index (χ4n) is 1.13. The van der Waals surface area contributed by atoms with E-state index in [1.54, 1.807) is 6.92 Å². The summed E-state index contributed by atoms with van der Waals surface area (Å²) >= 11 is 0. The van der Waals surface area contributed by atoms with Gasteiger partial charge in [-0.15, -0.1) is 0 Å². The van der Waals surface area contributed by atoms with Gasteiger partial charge in [0.2, 0.25) is 0 Å². The van der Waals surface area contributed by atoms with Gasteiger partial charge >= 0.3 is 12.1 Å².